The van der Waals surface area contributed by atoms with Gasteiger partial charge < -0.3 is 10.6 Å². The second-order valence-electron chi connectivity index (χ2n) is 5.26. The first-order valence-electron chi connectivity index (χ1n) is 7.38. The van der Waals surface area contributed by atoms with Crippen molar-refractivity contribution < 1.29 is 0 Å². The van der Waals surface area contributed by atoms with E-state index in [9.17, 15) is 0 Å². The van der Waals surface area contributed by atoms with E-state index in [2.05, 4.69) is 42.0 Å². The highest BCUT2D eigenvalue weighted by atomic mass is 127. The van der Waals surface area contributed by atoms with E-state index in [0.29, 0.717) is 12.0 Å². The number of halogens is 1. The summed E-state index contributed by atoms with van der Waals surface area (Å²) in [5.41, 5.74) is 0. The Balaban J connectivity index is 0.00000200. The van der Waals surface area contributed by atoms with Crippen LogP contribution in [0, 0.1) is 0 Å². The summed E-state index contributed by atoms with van der Waals surface area (Å²) < 4.78 is 0. The van der Waals surface area contributed by atoms with Crippen LogP contribution in [0.5, 0.6) is 0 Å². The summed E-state index contributed by atoms with van der Waals surface area (Å²) >= 11 is 1.82. The summed E-state index contributed by atoms with van der Waals surface area (Å²) in [4.78, 5) is 6.15. The fourth-order valence-electron chi connectivity index (χ4n) is 2.47. The maximum Gasteiger partial charge on any atom is 0.191 e. The monoisotopic (exact) mass is 407 g/mol. The number of hydrogen-bond acceptors (Lipinski definition) is 2. The fraction of sp³-hybridized carbons (Fsp3) is 0.667. The van der Waals surface area contributed by atoms with Gasteiger partial charge in [0.1, 0.15) is 0 Å². The first-order chi connectivity index (χ1) is 9.29. The molecule has 1 heterocycles. The summed E-state index contributed by atoms with van der Waals surface area (Å²) in [6.45, 7) is 6.14. The Hall–Kier alpha value is -0.300. The van der Waals surface area contributed by atoms with E-state index in [1.54, 1.807) is 0 Å². The predicted molar refractivity (Wildman–Crippen MR) is 99.5 cm³/mol. The molecule has 114 valence electrons. The lowest BCUT2D eigenvalue weighted by atomic mass is 10.1. The highest BCUT2D eigenvalue weighted by molar-refractivity contribution is 14.0. The van der Waals surface area contributed by atoms with Gasteiger partial charge in [0.2, 0.25) is 0 Å². The van der Waals surface area contributed by atoms with Crippen LogP contribution in [0.15, 0.2) is 22.5 Å². The van der Waals surface area contributed by atoms with Crippen LogP contribution in [0.25, 0.3) is 0 Å². The van der Waals surface area contributed by atoms with Crippen molar-refractivity contribution >= 4 is 41.3 Å². The minimum atomic E-state index is 0. The van der Waals surface area contributed by atoms with Crippen LogP contribution < -0.4 is 10.6 Å². The molecule has 0 saturated heterocycles. The molecule has 1 fully saturated rings. The molecule has 3 nitrogen and oxygen atoms in total. The van der Waals surface area contributed by atoms with Gasteiger partial charge in [-0.3, -0.25) is 4.99 Å². The van der Waals surface area contributed by atoms with Gasteiger partial charge >= 0.3 is 0 Å². The lowest BCUT2D eigenvalue weighted by Gasteiger charge is -2.17. The van der Waals surface area contributed by atoms with Crippen LogP contribution >= 0.6 is 35.3 Å². The number of rotatable bonds is 5. The van der Waals surface area contributed by atoms with Gasteiger partial charge in [-0.1, -0.05) is 25.8 Å². The summed E-state index contributed by atoms with van der Waals surface area (Å²) in [5.74, 6) is 1.48. The van der Waals surface area contributed by atoms with E-state index in [1.165, 1.54) is 30.6 Å². The van der Waals surface area contributed by atoms with Crippen molar-refractivity contribution in [2.24, 2.45) is 4.99 Å². The maximum atomic E-state index is 4.73. The molecule has 1 aliphatic carbocycles. The Kier molecular flexibility index (Phi) is 8.52. The highest BCUT2D eigenvalue weighted by Crippen LogP contribution is 2.21. The average molecular weight is 407 g/mol. The van der Waals surface area contributed by atoms with Gasteiger partial charge in [-0.25, -0.2) is 0 Å². The van der Waals surface area contributed by atoms with Crippen molar-refractivity contribution in [1.29, 1.82) is 0 Å². The minimum Gasteiger partial charge on any atom is -0.357 e. The molecule has 0 amide bonds. The fourth-order valence-corrected chi connectivity index (χ4v) is 3.25. The van der Waals surface area contributed by atoms with Crippen LogP contribution in [0.4, 0.5) is 0 Å². The quantitative estimate of drug-likeness (QED) is 0.440. The number of thiophene rings is 1. The Morgan fingerprint density at radius 1 is 1.45 bits per heavy atom. The molecule has 1 unspecified atom stereocenters. The second-order valence-corrected chi connectivity index (χ2v) is 6.24. The lowest BCUT2D eigenvalue weighted by Crippen LogP contribution is -2.42. The van der Waals surface area contributed by atoms with Crippen LogP contribution in [0.3, 0.4) is 0 Å². The summed E-state index contributed by atoms with van der Waals surface area (Å²) in [5, 5.41) is 9.05. The third kappa shape index (κ3) is 5.60. The molecular formula is C15H26IN3S. The van der Waals surface area contributed by atoms with E-state index >= 15 is 0 Å². The topological polar surface area (TPSA) is 36.4 Å². The van der Waals surface area contributed by atoms with E-state index < -0.39 is 0 Å². The molecule has 1 atom stereocenters. The van der Waals surface area contributed by atoms with Crippen LogP contribution in [0.1, 0.15) is 50.3 Å². The number of hydrogen-bond donors (Lipinski definition) is 2. The summed E-state index contributed by atoms with van der Waals surface area (Å²) in [6.07, 6.45) is 5.27. The van der Waals surface area contributed by atoms with Crippen molar-refractivity contribution in [3.8, 4) is 0 Å². The van der Waals surface area contributed by atoms with E-state index in [0.717, 1.165) is 19.0 Å². The number of guanidine groups is 1. The first kappa shape index (κ1) is 17.8. The molecule has 0 radical (unpaired) electrons. The Labute approximate surface area is 143 Å². The average Bonchev–Trinajstić information content (AvgIpc) is 3.08. The molecule has 0 bridgehead atoms. The Morgan fingerprint density at radius 2 is 2.20 bits per heavy atom. The van der Waals surface area contributed by atoms with Gasteiger partial charge in [-0.05, 0) is 31.2 Å². The first-order valence-corrected chi connectivity index (χ1v) is 8.25. The van der Waals surface area contributed by atoms with Crippen molar-refractivity contribution in [3.63, 3.8) is 0 Å². The minimum absolute atomic E-state index is 0. The Bertz CT molecular complexity index is 386. The van der Waals surface area contributed by atoms with Gasteiger partial charge in [0.25, 0.3) is 0 Å². The molecule has 1 aliphatic rings. The third-order valence-electron chi connectivity index (χ3n) is 3.59. The number of nitrogens with one attached hydrogen (secondary N) is 2. The molecule has 1 saturated carbocycles. The molecule has 0 spiro atoms. The van der Waals surface area contributed by atoms with Gasteiger partial charge in [0, 0.05) is 23.4 Å². The SMILES string of the molecule is CCNC(=NCC(C)c1cccs1)NC1CCCC1.I. The lowest BCUT2D eigenvalue weighted by molar-refractivity contribution is 0.612. The van der Waals surface area contributed by atoms with Crippen molar-refractivity contribution in [2.45, 2.75) is 51.5 Å². The Morgan fingerprint density at radius 3 is 2.80 bits per heavy atom. The van der Waals surface area contributed by atoms with Crippen molar-refractivity contribution in [2.75, 3.05) is 13.1 Å². The highest BCUT2D eigenvalue weighted by Gasteiger charge is 2.16. The van der Waals surface area contributed by atoms with Gasteiger partial charge in [0.05, 0.1) is 6.54 Å². The smallest absolute Gasteiger partial charge is 0.191 e. The molecule has 5 heteroatoms. The van der Waals surface area contributed by atoms with E-state index in [4.69, 9.17) is 4.99 Å². The van der Waals surface area contributed by atoms with Crippen molar-refractivity contribution in [3.05, 3.63) is 22.4 Å². The summed E-state index contributed by atoms with van der Waals surface area (Å²) in [7, 11) is 0. The molecule has 0 aromatic carbocycles. The number of nitrogens with zero attached hydrogens (tertiary/aromatic N) is 1. The largest absolute Gasteiger partial charge is 0.357 e. The number of aliphatic imine (C=N–C) groups is 1. The van der Waals surface area contributed by atoms with Gasteiger partial charge in [-0.15, -0.1) is 35.3 Å². The van der Waals surface area contributed by atoms with Gasteiger partial charge in [0.15, 0.2) is 5.96 Å². The van der Waals surface area contributed by atoms with Crippen molar-refractivity contribution in [1.82, 2.24) is 10.6 Å². The van der Waals surface area contributed by atoms with E-state index in [1.807, 2.05) is 11.3 Å². The molecular weight excluding hydrogens is 381 g/mol. The molecule has 20 heavy (non-hydrogen) atoms. The molecule has 1 aromatic heterocycles. The predicted octanol–water partition coefficient (Wildman–Crippen LogP) is 3.97. The molecule has 1 aromatic rings. The third-order valence-corrected chi connectivity index (χ3v) is 4.70. The molecule has 0 aliphatic heterocycles. The second kappa shape index (κ2) is 9.60. The normalized spacial score (nSPS) is 17.6. The summed E-state index contributed by atoms with van der Waals surface area (Å²) in [6, 6.07) is 4.93. The zero-order valence-electron chi connectivity index (χ0n) is 12.4. The molecule has 2 rings (SSSR count). The van der Waals surface area contributed by atoms with Gasteiger partial charge in [-0.2, -0.15) is 0 Å². The van der Waals surface area contributed by atoms with Crippen LogP contribution in [0.2, 0.25) is 0 Å². The molecule has 2 N–H and O–H groups in total. The van der Waals surface area contributed by atoms with E-state index in [-0.39, 0.29) is 24.0 Å². The van der Waals surface area contributed by atoms with Crippen LogP contribution in [-0.2, 0) is 0 Å². The standard InChI is InChI=1S/C15H25N3S.HI/c1-3-16-15(18-13-7-4-5-8-13)17-11-12(2)14-9-6-10-19-14;/h6,9-10,12-13H,3-5,7-8,11H2,1-2H3,(H2,16,17,18);1H. The zero-order valence-corrected chi connectivity index (χ0v) is 15.5. The zero-order chi connectivity index (χ0) is 13.5. The maximum absolute atomic E-state index is 4.73. The van der Waals surface area contributed by atoms with Crippen LogP contribution in [-0.4, -0.2) is 25.1 Å².